The minimum atomic E-state index is -1.18. The number of hydrogen-bond acceptors (Lipinski definition) is 5. The van der Waals surface area contributed by atoms with E-state index in [1.807, 2.05) is 0 Å². The Balaban J connectivity index is 1.76. The van der Waals surface area contributed by atoms with Gasteiger partial charge in [0.2, 0.25) is 5.91 Å². The number of carboxylic acid groups (broad SMARTS) is 1. The lowest BCUT2D eigenvalue weighted by Crippen LogP contribution is -2.45. The maximum atomic E-state index is 12.7. The molecule has 1 aromatic rings. The Hall–Kier alpha value is -2.19. The maximum Gasteiger partial charge on any atom is 0.341 e. The minimum Gasteiger partial charge on any atom is -0.477 e. The first-order valence-corrected chi connectivity index (χ1v) is 9.51. The van der Waals surface area contributed by atoms with Gasteiger partial charge in [0.1, 0.15) is 5.56 Å². The van der Waals surface area contributed by atoms with Crippen molar-refractivity contribution in [3.8, 4) is 0 Å². The molecule has 0 aliphatic carbocycles. The standard InChI is InChI=1S/C19H28N4O4/c1-14(24)22-7-4-16-15(12-22)13-23(18(25)17(16)19(26)27)6-3-5-21-10-8-20(2)9-11-21/h13H,3-12H2,1-2H3,(H,26,27). The summed E-state index contributed by atoms with van der Waals surface area (Å²) in [4.78, 5) is 42.4. The molecule has 3 rings (SSSR count). The fourth-order valence-corrected chi connectivity index (χ4v) is 3.90. The zero-order valence-corrected chi connectivity index (χ0v) is 16.1. The van der Waals surface area contributed by atoms with Crippen molar-refractivity contribution in [1.29, 1.82) is 0 Å². The predicted molar refractivity (Wildman–Crippen MR) is 101 cm³/mol. The number of carboxylic acids is 1. The van der Waals surface area contributed by atoms with E-state index in [4.69, 9.17) is 0 Å². The number of amides is 1. The largest absolute Gasteiger partial charge is 0.477 e. The minimum absolute atomic E-state index is 0.0367. The topological polar surface area (TPSA) is 86.1 Å². The summed E-state index contributed by atoms with van der Waals surface area (Å²) in [6, 6.07) is 0. The van der Waals surface area contributed by atoms with E-state index in [-0.39, 0.29) is 11.5 Å². The molecule has 0 bridgehead atoms. The molecule has 3 heterocycles. The Morgan fingerprint density at radius 1 is 1.11 bits per heavy atom. The van der Waals surface area contributed by atoms with E-state index in [2.05, 4.69) is 16.8 Å². The second-order valence-electron chi connectivity index (χ2n) is 7.50. The molecule has 0 atom stereocenters. The van der Waals surface area contributed by atoms with Crippen LogP contribution in [0.2, 0.25) is 0 Å². The zero-order valence-electron chi connectivity index (χ0n) is 16.1. The molecular formula is C19H28N4O4. The van der Waals surface area contributed by atoms with Gasteiger partial charge >= 0.3 is 5.97 Å². The summed E-state index contributed by atoms with van der Waals surface area (Å²) < 4.78 is 1.52. The van der Waals surface area contributed by atoms with Crippen LogP contribution in [0.25, 0.3) is 0 Å². The zero-order chi connectivity index (χ0) is 19.6. The molecule has 1 amide bonds. The molecule has 0 aromatic carbocycles. The average Bonchev–Trinajstić information content (AvgIpc) is 2.63. The number of fused-ring (bicyclic) bond motifs is 1. The van der Waals surface area contributed by atoms with Crippen LogP contribution in [-0.4, -0.2) is 82.6 Å². The van der Waals surface area contributed by atoms with E-state index < -0.39 is 11.5 Å². The third-order valence-corrected chi connectivity index (χ3v) is 5.60. The van der Waals surface area contributed by atoms with Gasteiger partial charge in [0.25, 0.3) is 5.56 Å². The van der Waals surface area contributed by atoms with Gasteiger partial charge in [0.05, 0.1) is 0 Å². The summed E-state index contributed by atoms with van der Waals surface area (Å²) in [6.45, 7) is 7.82. The monoisotopic (exact) mass is 376 g/mol. The van der Waals surface area contributed by atoms with Crippen LogP contribution < -0.4 is 5.56 Å². The molecular weight excluding hydrogens is 348 g/mol. The van der Waals surface area contributed by atoms with Gasteiger partial charge in [-0.2, -0.15) is 0 Å². The average molecular weight is 376 g/mol. The molecule has 8 heteroatoms. The Morgan fingerprint density at radius 3 is 2.44 bits per heavy atom. The number of carbonyl (C=O) groups is 2. The maximum absolute atomic E-state index is 12.7. The second-order valence-corrected chi connectivity index (χ2v) is 7.50. The molecule has 1 fully saturated rings. The number of hydrogen-bond donors (Lipinski definition) is 1. The molecule has 0 radical (unpaired) electrons. The number of aromatic carboxylic acids is 1. The summed E-state index contributed by atoms with van der Waals surface area (Å²) in [6.07, 6.45) is 2.95. The van der Waals surface area contributed by atoms with Gasteiger partial charge < -0.3 is 24.4 Å². The highest BCUT2D eigenvalue weighted by Gasteiger charge is 2.26. The Kier molecular flexibility index (Phi) is 5.96. The molecule has 0 spiro atoms. The van der Waals surface area contributed by atoms with Crippen LogP contribution in [0, 0.1) is 0 Å². The van der Waals surface area contributed by atoms with Crippen molar-refractivity contribution in [1.82, 2.24) is 19.3 Å². The molecule has 27 heavy (non-hydrogen) atoms. The predicted octanol–water partition coefficient (Wildman–Crippen LogP) is 0.0886. The number of aromatic nitrogens is 1. The van der Waals surface area contributed by atoms with Crippen molar-refractivity contribution in [3.63, 3.8) is 0 Å². The number of likely N-dealkylation sites (N-methyl/N-ethyl adjacent to an activating group) is 1. The smallest absolute Gasteiger partial charge is 0.341 e. The van der Waals surface area contributed by atoms with Crippen LogP contribution in [0.3, 0.4) is 0 Å². The second kappa shape index (κ2) is 8.22. The van der Waals surface area contributed by atoms with Gasteiger partial charge in [0.15, 0.2) is 0 Å². The first kappa shape index (κ1) is 19.6. The van der Waals surface area contributed by atoms with Crippen molar-refractivity contribution in [3.05, 3.63) is 33.2 Å². The number of piperazine rings is 1. The van der Waals surface area contributed by atoms with Gasteiger partial charge in [-0.05, 0) is 37.6 Å². The number of carbonyl (C=O) groups excluding carboxylic acids is 1. The van der Waals surface area contributed by atoms with Gasteiger partial charge in [-0.3, -0.25) is 9.59 Å². The number of aryl methyl sites for hydroxylation is 1. The van der Waals surface area contributed by atoms with Crippen molar-refractivity contribution < 1.29 is 14.7 Å². The third-order valence-electron chi connectivity index (χ3n) is 5.60. The third kappa shape index (κ3) is 4.39. The molecule has 2 aliphatic rings. The van der Waals surface area contributed by atoms with E-state index in [0.717, 1.165) is 44.7 Å². The fourth-order valence-electron chi connectivity index (χ4n) is 3.90. The van der Waals surface area contributed by atoms with Crippen molar-refractivity contribution >= 4 is 11.9 Å². The molecule has 148 valence electrons. The van der Waals surface area contributed by atoms with Crippen LogP contribution in [-0.2, 0) is 24.3 Å². The Bertz CT molecular complexity index is 781. The van der Waals surface area contributed by atoms with Gasteiger partial charge in [0, 0.05) is 58.9 Å². The molecule has 2 aliphatic heterocycles. The lowest BCUT2D eigenvalue weighted by molar-refractivity contribution is -0.129. The van der Waals surface area contributed by atoms with Crippen LogP contribution in [0.15, 0.2) is 11.0 Å². The molecule has 1 aromatic heterocycles. The first-order chi connectivity index (χ1) is 12.9. The summed E-state index contributed by atoms with van der Waals surface area (Å²) in [5.74, 6) is -1.22. The van der Waals surface area contributed by atoms with E-state index in [1.54, 1.807) is 11.1 Å². The van der Waals surface area contributed by atoms with Crippen LogP contribution >= 0.6 is 0 Å². The highest BCUT2D eigenvalue weighted by molar-refractivity contribution is 5.89. The SMILES string of the molecule is CC(=O)N1CCc2c(cn(CCCN3CCN(C)CC3)c(=O)c2C(=O)O)C1. The van der Waals surface area contributed by atoms with Crippen molar-refractivity contribution in [2.45, 2.75) is 32.9 Å². The van der Waals surface area contributed by atoms with Crippen LogP contribution in [0.1, 0.15) is 34.8 Å². The molecule has 8 nitrogen and oxygen atoms in total. The van der Waals surface area contributed by atoms with E-state index >= 15 is 0 Å². The quantitative estimate of drug-likeness (QED) is 0.784. The molecule has 0 unspecified atom stereocenters. The highest BCUT2D eigenvalue weighted by atomic mass is 16.4. The molecule has 0 saturated carbocycles. The number of pyridine rings is 1. The van der Waals surface area contributed by atoms with Gasteiger partial charge in [-0.15, -0.1) is 0 Å². The lowest BCUT2D eigenvalue weighted by Gasteiger charge is -2.32. The number of rotatable bonds is 5. The van der Waals surface area contributed by atoms with Crippen molar-refractivity contribution in [2.24, 2.45) is 0 Å². The van der Waals surface area contributed by atoms with E-state index in [1.165, 1.54) is 11.5 Å². The normalized spacial score (nSPS) is 18.4. The fraction of sp³-hybridized carbons (Fsp3) is 0.632. The lowest BCUT2D eigenvalue weighted by atomic mass is 9.96. The van der Waals surface area contributed by atoms with Crippen molar-refractivity contribution in [2.75, 3.05) is 46.3 Å². The summed E-state index contributed by atoms with van der Waals surface area (Å²) in [5, 5.41) is 9.57. The van der Waals surface area contributed by atoms with Gasteiger partial charge in [-0.25, -0.2) is 4.79 Å². The van der Waals surface area contributed by atoms with E-state index in [9.17, 15) is 19.5 Å². The molecule has 1 N–H and O–H groups in total. The first-order valence-electron chi connectivity index (χ1n) is 9.51. The van der Waals surface area contributed by atoms with Crippen LogP contribution in [0.4, 0.5) is 0 Å². The van der Waals surface area contributed by atoms with Gasteiger partial charge in [-0.1, -0.05) is 0 Å². The highest BCUT2D eigenvalue weighted by Crippen LogP contribution is 2.21. The number of nitrogens with zero attached hydrogens (tertiary/aromatic N) is 4. The summed E-state index contributed by atoms with van der Waals surface area (Å²) >= 11 is 0. The molecule has 1 saturated heterocycles. The summed E-state index contributed by atoms with van der Waals surface area (Å²) in [7, 11) is 2.11. The Labute approximate surface area is 159 Å². The van der Waals surface area contributed by atoms with Crippen LogP contribution in [0.5, 0.6) is 0 Å². The Morgan fingerprint density at radius 2 is 1.81 bits per heavy atom. The van der Waals surface area contributed by atoms with E-state index in [0.29, 0.717) is 31.6 Å². The summed E-state index contributed by atoms with van der Waals surface area (Å²) in [5.41, 5.74) is 0.791.